The highest BCUT2D eigenvalue weighted by Gasteiger charge is 2.12. The van der Waals surface area contributed by atoms with E-state index in [1.54, 1.807) is 0 Å². The molecule has 1 heterocycles. The summed E-state index contributed by atoms with van der Waals surface area (Å²) in [7, 11) is 0. The number of hydrogen-bond acceptors (Lipinski definition) is 2. The molecule has 0 radical (unpaired) electrons. The number of pyridine rings is 1. The van der Waals surface area contributed by atoms with Crippen molar-refractivity contribution in [2.24, 2.45) is 5.73 Å². The fraction of sp³-hybridized carbons (Fsp3) is 0.214. The molecule has 1 unspecified atom stereocenters. The average Bonchev–Trinajstić information content (AvgIpc) is 2.25. The van der Waals surface area contributed by atoms with Crippen molar-refractivity contribution in [2.45, 2.75) is 19.9 Å². The van der Waals surface area contributed by atoms with Gasteiger partial charge in [-0.1, -0.05) is 0 Å². The van der Waals surface area contributed by atoms with Gasteiger partial charge in [0.2, 0.25) is 0 Å². The normalized spacial score (nSPS) is 12.5. The predicted octanol–water partition coefficient (Wildman–Crippen LogP) is 3.02. The zero-order chi connectivity index (χ0) is 13.3. The first-order chi connectivity index (χ1) is 8.45. The Morgan fingerprint density at radius 3 is 1.83 bits per heavy atom. The maximum Gasteiger partial charge on any atom is 0.126 e. The summed E-state index contributed by atoms with van der Waals surface area (Å²) < 4.78 is 26.3. The first-order valence-electron chi connectivity index (χ1n) is 5.62. The van der Waals surface area contributed by atoms with Crippen LogP contribution in [0.3, 0.4) is 0 Å². The third-order valence-corrected chi connectivity index (χ3v) is 2.71. The molecule has 4 heteroatoms. The lowest BCUT2D eigenvalue weighted by Gasteiger charge is -2.14. The van der Waals surface area contributed by atoms with E-state index in [2.05, 4.69) is 4.98 Å². The van der Waals surface area contributed by atoms with Crippen LogP contribution in [0.1, 0.15) is 28.6 Å². The fourth-order valence-corrected chi connectivity index (χ4v) is 1.99. The van der Waals surface area contributed by atoms with E-state index < -0.39 is 17.7 Å². The summed E-state index contributed by atoms with van der Waals surface area (Å²) in [6, 6.07) is 6.41. The number of hydrogen-bond donors (Lipinski definition) is 1. The Bertz CT molecular complexity index is 490. The monoisotopic (exact) mass is 248 g/mol. The van der Waals surface area contributed by atoms with Gasteiger partial charge in [0.15, 0.2) is 0 Å². The quantitative estimate of drug-likeness (QED) is 0.887. The summed E-state index contributed by atoms with van der Waals surface area (Å²) in [6.07, 6.45) is 0. The summed E-state index contributed by atoms with van der Waals surface area (Å²) in [5.74, 6) is -1.24. The van der Waals surface area contributed by atoms with Gasteiger partial charge in [-0.2, -0.15) is 0 Å². The molecule has 0 saturated carbocycles. The summed E-state index contributed by atoms with van der Waals surface area (Å²) >= 11 is 0. The topological polar surface area (TPSA) is 38.9 Å². The Morgan fingerprint density at radius 2 is 1.33 bits per heavy atom. The molecule has 2 N–H and O–H groups in total. The number of nitrogens with zero attached hydrogens (tertiary/aromatic N) is 1. The van der Waals surface area contributed by atoms with Gasteiger partial charge in [-0.15, -0.1) is 0 Å². The van der Waals surface area contributed by atoms with Crippen molar-refractivity contribution in [2.75, 3.05) is 0 Å². The number of rotatable bonds is 2. The third kappa shape index (κ3) is 2.71. The van der Waals surface area contributed by atoms with Gasteiger partial charge in [0.1, 0.15) is 11.6 Å². The molecule has 0 spiro atoms. The Kier molecular flexibility index (Phi) is 3.39. The first-order valence-corrected chi connectivity index (χ1v) is 5.62. The SMILES string of the molecule is Cc1cc(C(N)c2cc(F)cc(F)c2)cc(C)n1. The van der Waals surface area contributed by atoms with Gasteiger partial charge in [0.25, 0.3) is 0 Å². The van der Waals surface area contributed by atoms with Gasteiger partial charge >= 0.3 is 0 Å². The molecule has 1 aromatic heterocycles. The minimum Gasteiger partial charge on any atom is -0.320 e. The molecule has 0 fully saturated rings. The minimum absolute atomic E-state index is 0.414. The highest BCUT2D eigenvalue weighted by molar-refractivity contribution is 5.33. The Morgan fingerprint density at radius 1 is 0.889 bits per heavy atom. The van der Waals surface area contributed by atoms with E-state index in [0.717, 1.165) is 23.0 Å². The van der Waals surface area contributed by atoms with E-state index >= 15 is 0 Å². The largest absolute Gasteiger partial charge is 0.320 e. The van der Waals surface area contributed by atoms with Crippen LogP contribution in [0.4, 0.5) is 8.78 Å². The molecule has 1 aromatic carbocycles. The average molecular weight is 248 g/mol. The van der Waals surface area contributed by atoms with E-state index in [9.17, 15) is 8.78 Å². The molecule has 0 aliphatic carbocycles. The number of aryl methyl sites for hydroxylation is 2. The molecule has 0 aliphatic heterocycles. The summed E-state index contributed by atoms with van der Waals surface area (Å²) in [6.45, 7) is 3.71. The number of nitrogens with two attached hydrogens (primary N) is 1. The van der Waals surface area contributed by atoms with Crippen molar-refractivity contribution >= 4 is 0 Å². The Hall–Kier alpha value is -1.81. The van der Waals surface area contributed by atoms with Crippen LogP contribution in [0.2, 0.25) is 0 Å². The van der Waals surface area contributed by atoms with Gasteiger partial charge in [0, 0.05) is 17.5 Å². The van der Waals surface area contributed by atoms with Crippen molar-refractivity contribution < 1.29 is 8.78 Å². The van der Waals surface area contributed by atoms with Crippen LogP contribution in [0.25, 0.3) is 0 Å². The molecule has 0 amide bonds. The van der Waals surface area contributed by atoms with Crippen LogP contribution < -0.4 is 5.73 Å². The second-order valence-corrected chi connectivity index (χ2v) is 4.36. The van der Waals surface area contributed by atoms with Crippen LogP contribution in [0.5, 0.6) is 0 Å². The molecular formula is C14H14F2N2. The van der Waals surface area contributed by atoms with Crippen molar-refractivity contribution in [3.63, 3.8) is 0 Å². The molecule has 0 bridgehead atoms. The minimum atomic E-state index is -0.622. The van der Waals surface area contributed by atoms with Crippen molar-refractivity contribution in [3.05, 3.63) is 64.5 Å². The van der Waals surface area contributed by atoms with Gasteiger partial charge in [-0.25, -0.2) is 8.78 Å². The summed E-state index contributed by atoms with van der Waals surface area (Å²) in [5, 5.41) is 0. The van der Waals surface area contributed by atoms with E-state index in [1.807, 2.05) is 26.0 Å². The van der Waals surface area contributed by atoms with Crippen molar-refractivity contribution in [3.8, 4) is 0 Å². The lowest BCUT2D eigenvalue weighted by atomic mass is 9.99. The standard InChI is InChI=1S/C14H14F2N2/c1-8-3-10(4-9(2)18-8)14(17)11-5-12(15)7-13(16)6-11/h3-7,14H,17H2,1-2H3. The molecule has 94 valence electrons. The van der Waals surface area contributed by atoms with Gasteiger partial charge in [0.05, 0.1) is 6.04 Å². The van der Waals surface area contributed by atoms with Gasteiger partial charge in [-0.05, 0) is 49.2 Å². The lowest BCUT2D eigenvalue weighted by Crippen LogP contribution is -2.13. The Labute approximate surface area is 104 Å². The smallest absolute Gasteiger partial charge is 0.126 e. The third-order valence-electron chi connectivity index (χ3n) is 2.71. The number of aromatic nitrogens is 1. The highest BCUT2D eigenvalue weighted by atomic mass is 19.1. The zero-order valence-corrected chi connectivity index (χ0v) is 10.2. The summed E-state index contributed by atoms with van der Waals surface area (Å²) in [4.78, 5) is 4.24. The van der Waals surface area contributed by atoms with Crippen LogP contribution in [-0.4, -0.2) is 4.98 Å². The van der Waals surface area contributed by atoms with Crippen molar-refractivity contribution in [1.29, 1.82) is 0 Å². The second-order valence-electron chi connectivity index (χ2n) is 4.36. The number of benzene rings is 1. The van der Waals surface area contributed by atoms with Crippen LogP contribution in [0, 0.1) is 25.5 Å². The van der Waals surface area contributed by atoms with Gasteiger partial charge < -0.3 is 5.73 Å². The Balaban J connectivity index is 2.43. The second kappa shape index (κ2) is 4.82. The van der Waals surface area contributed by atoms with E-state index in [4.69, 9.17) is 5.73 Å². The van der Waals surface area contributed by atoms with E-state index in [-0.39, 0.29) is 0 Å². The lowest BCUT2D eigenvalue weighted by molar-refractivity contribution is 0.577. The van der Waals surface area contributed by atoms with Crippen LogP contribution in [0.15, 0.2) is 30.3 Å². The molecule has 2 rings (SSSR count). The molecule has 2 aromatic rings. The van der Waals surface area contributed by atoms with Crippen molar-refractivity contribution in [1.82, 2.24) is 4.98 Å². The molecule has 0 aliphatic rings. The van der Waals surface area contributed by atoms with E-state index in [1.165, 1.54) is 12.1 Å². The maximum absolute atomic E-state index is 13.2. The predicted molar refractivity (Wildman–Crippen MR) is 66.1 cm³/mol. The van der Waals surface area contributed by atoms with E-state index in [0.29, 0.717) is 5.56 Å². The molecule has 1 atom stereocenters. The fourth-order valence-electron chi connectivity index (χ4n) is 1.99. The highest BCUT2D eigenvalue weighted by Crippen LogP contribution is 2.22. The first kappa shape index (κ1) is 12.6. The zero-order valence-electron chi connectivity index (χ0n) is 10.2. The number of halogens is 2. The molecular weight excluding hydrogens is 234 g/mol. The summed E-state index contributed by atoms with van der Waals surface area (Å²) in [5.41, 5.74) is 8.90. The van der Waals surface area contributed by atoms with Crippen LogP contribution in [-0.2, 0) is 0 Å². The maximum atomic E-state index is 13.2. The molecule has 0 saturated heterocycles. The molecule has 18 heavy (non-hydrogen) atoms. The van der Waals surface area contributed by atoms with Gasteiger partial charge in [-0.3, -0.25) is 4.98 Å². The molecule has 2 nitrogen and oxygen atoms in total. The van der Waals surface area contributed by atoms with Crippen LogP contribution >= 0.6 is 0 Å².